The number of para-hydroxylation sites is 1. The molecule has 2 unspecified atom stereocenters. The van der Waals surface area contributed by atoms with Gasteiger partial charge < -0.3 is 4.90 Å². The molecular weight excluding hydrogens is 246 g/mol. The fraction of sp³-hybridized carbons (Fsp3) is 0.412. The molecular formula is C17H19N3. The lowest BCUT2D eigenvalue weighted by Crippen LogP contribution is -2.41. The Balaban J connectivity index is 1.81. The van der Waals surface area contributed by atoms with Crippen molar-refractivity contribution in [2.24, 2.45) is 0 Å². The molecule has 4 rings (SSSR count). The van der Waals surface area contributed by atoms with Crippen LogP contribution < -0.4 is 4.90 Å². The molecule has 1 aromatic heterocycles. The number of rotatable bonds is 1. The van der Waals surface area contributed by atoms with Gasteiger partial charge in [0.25, 0.3) is 0 Å². The lowest BCUT2D eigenvalue weighted by atomic mass is 9.96. The van der Waals surface area contributed by atoms with Gasteiger partial charge in [0.1, 0.15) is 12.1 Å². The van der Waals surface area contributed by atoms with Crippen molar-refractivity contribution in [3.05, 3.63) is 42.2 Å². The molecule has 0 saturated carbocycles. The molecule has 102 valence electrons. The second-order valence-corrected chi connectivity index (χ2v) is 5.86. The van der Waals surface area contributed by atoms with Crippen LogP contribution in [-0.4, -0.2) is 22.1 Å². The molecule has 0 amide bonds. The lowest BCUT2D eigenvalue weighted by Gasteiger charge is -2.37. The molecule has 0 N–H and O–H groups in total. The van der Waals surface area contributed by atoms with Crippen molar-refractivity contribution in [1.29, 1.82) is 0 Å². The van der Waals surface area contributed by atoms with E-state index in [-0.39, 0.29) is 0 Å². The first-order valence-corrected chi connectivity index (χ1v) is 7.49. The topological polar surface area (TPSA) is 29.0 Å². The molecule has 2 atom stereocenters. The number of anilines is 1. The van der Waals surface area contributed by atoms with Crippen LogP contribution in [0.15, 0.2) is 42.2 Å². The quantitative estimate of drug-likeness (QED) is 0.736. The number of hydrogen-bond acceptors (Lipinski definition) is 3. The van der Waals surface area contributed by atoms with Gasteiger partial charge >= 0.3 is 0 Å². The predicted molar refractivity (Wildman–Crippen MR) is 81.8 cm³/mol. The molecule has 0 spiro atoms. The number of fused-ring (bicyclic) bond motifs is 3. The van der Waals surface area contributed by atoms with E-state index in [1.165, 1.54) is 31.1 Å². The van der Waals surface area contributed by atoms with Crippen LogP contribution in [0, 0.1) is 0 Å². The van der Waals surface area contributed by atoms with Crippen molar-refractivity contribution in [3.63, 3.8) is 0 Å². The van der Waals surface area contributed by atoms with Crippen LogP contribution in [0.2, 0.25) is 0 Å². The number of allylic oxidation sites excluding steroid dienone is 1. The third-order valence-corrected chi connectivity index (χ3v) is 4.79. The molecule has 1 aromatic carbocycles. The van der Waals surface area contributed by atoms with E-state index in [0.717, 1.165) is 11.3 Å². The third-order valence-electron chi connectivity index (χ3n) is 4.79. The highest BCUT2D eigenvalue weighted by molar-refractivity contribution is 5.89. The number of aromatic nitrogens is 2. The number of nitrogens with zero attached hydrogens (tertiary/aromatic N) is 3. The molecule has 2 aromatic rings. The zero-order valence-corrected chi connectivity index (χ0v) is 11.8. The van der Waals surface area contributed by atoms with Crippen LogP contribution in [0.25, 0.3) is 10.9 Å². The minimum absolute atomic E-state index is 0.623. The summed E-state index contributed by atoms with van der Waals surface area (Å²) in [5, 5.41) is 1.19. The smallest absolute Gasteiger partial charge is 0.140 e. The number of hydrogen-bond donors (Lipinski definition) is 0. The summed E-state index contributed by atoms with van der Waals surface area (Å²) < 4.78 is 0. The maximum Gasteiger partial charge on any atom is 0.140 e. The molecule has 2 fully saturated rings. The van der Waals surface area contributed by atoms with Gasteiger partial charge in [0.05, 0.1) is 5.52 Å². The van der Waals surface area contributed by atoms with Gasteiger partial charge in [-0.05, 0) is 44.7 Å². The minimum Gasteiger partial charge on any atom is -0.349 e. The van der Waals surface area contributed by atoms with E-state index in [1.54, 1.807) is 11.9 Å². The summed E-state index contributed by atoms with van der Waals surface area (Å²) in [5.74, 6) is 1.14. The Labute approximate surface area is 119 Å². The Morgan fingerprint density at radius 1 is 1.10 bits per heavy atom. The average Bonchev–Trinajstić information content (AvgIpc) is 2.76. The zero-order valence-electron chi connectivity index (χ0n) is 11.8. The number of benzene rings is 1. The maximum absolute atomic E-state index is 4.62. The fourth-order valence-corrected chi connectivity index (χ4v) is 3.83. The molecule has 2 aliphatic rings. The summed E-state index contributed by atoms with van der Waals surface area (Å²) in [4.78, 5) is 11.6. The highest BCUT2D eigenvalue weighted by Crippen LogP contribution is 2.42. The highest BCUT2D eigenvalue weighted by Gasteiger charge is 2.39. The molecule has 2 saturated heterocycles. The first-order chi connectivity index (χ1) is 9.86. The molecule has 3 nitrogen and oxygen atoms in total. The zero-order chi connectivity index (χ0) is 13.5. The summed E-state index contributed by atoms with van der Waals surface area (Å²) in [6.45, 7) is 2.17. The molecule has 2 aliphatic heterocycles. The van der Waals surface area contributed by atoms with E-state index in [0.29, 0.717) is 12.1 Å². The van der Waals surface area contributed by atoms with E-state index in [2.05, 4.69) is 46.1 Å². The molecule has 2 bridgehead atoms. The summed E-state index contributed by atoms with van der Waals surface area (Å²) >= 11 is 0. The fourth-order valence-electron chi connectivity index (χ4n) is 3.83. The third kappa shape index (κ3) is 1.73. The van der Waals surface area contributed by atoms with Gasteiger partial charge in [0.2, 0.25) is 0 Å². The first-order valence-electron chi connectivity index (χ1n) is 7.49. The monoisotopic (exact) mass is 265 g/mol. The van der Waals surface area contributed by atoms with Gasteiger partial charge in [-0.15, -0.1) is 0 Å². The van der Waals surface area contributed by atoms with Crippen molar-refractivity contribution < 1.29 is 0 Å². The summed E-state index contributed by atoms with van der Waals surface area (Å²) in [6, 6.07) is 9.59. The van der Waals surface area contributed by atoms with Crippen LogP contribution in [-0.2, 0) is 0 Å². The van der Waals surface area contributed by atoms with Crippen LogP contribution >= 0.6 is 0 Å². The Hall–Kier alpha value is -1.90. The second kappa shape index (κ2) is 4.58. The van der Waals surface area contributed by atoms with Gasteiger partial charge in [-0.2, -0.15) is 0 Å². The van der Waals surface area contributed by atoms with Crippen molar-refractivity contribution in [2.45, 2.75) is 44.7 Å². The molecule has 20 heavy (non-hydrogen) atoms. The number of piperidine rings is 1. The minimum atomic E-state index is 0.623. The molecule has 3 heteroatoms. The van der Waals surface area contributed by atoms with Crippen LogP contribution in [0.1, 0.15) is 32.6 Å². The van der Waals surface area contributed by atoms with Crippen molar-refractivity contribution in [2.75, 3.05) is 4.90 Å². The molecule has 0 aliphatic carbocycles. The van der Waals surface area contributed by atoms with Crippen LogP contribution in [0.4, 0.5) is 5.82 Å². The van der Waals surface area contributed by atoms with Gasteiger partial charge in [-0.3, -0.25) is 0 Å². The van der Waals surface area contributed by atoms with Crippen LogP contribution in [0.3, 0.4) is 0 Å². The summed E-state index contributed by atoms with van der Waals surface area (Å²) in [7, 11) is 0. The maximum atomic E-state index is 4.62. The van der Waals surface area contributed by atoms with Gasteiger partial charge in [0, 0.05) is 17.5 Å². The molecule has 0 radical (unpaired) electrons. The van der Waals surface area contributed by atoms with Gasteiger partial charge in [0.15, 0.2) is 0 Å². The largest absolute Gasteiger partial charge is 0.349 e. The molecule has 3 heterocycles. The van der Waals surface area contributed by atoms with Gasteiger partial charge in [-0.25, -0.2) is 9.97 Å². The average molecular weight is 265 g/mol. The standard InChI is InChI=1S/C17H19N3/c1-2-12-9-13-7-8-14(10-12)20(13)17-15-5-3-4-6-16(15)18-11-19-17/h2-6,11,13-14H,7-10H2,1H3. The van der Waals surface area contributed by atoms with Crippen molar-refractivity contribution >= 4 is 16.7 Å². The van der Waals surface area contributed by atoms with E-state index >= 15 is 0 Å². The Kier molecular flexibility index (Phi) is 2.72. The second-order valence-electron chi connectivity index (χ2n) is 5.86. The predicted octanol–water partition coefficient (Wildman–Crippen LogP) is 3.71. The van der Waals surface area contributed by atoms with Crippen molar-refractivity contribution in [3.8, 4) is 0 Å². The Morgan fingerprint density at radius 3 is 2.60 bits per heavy atom. The lowest BCUT2D eigenvalue weighted by molar-refractivity contribution is 0.545. The summed E-state index contributed by atoms with van der Waals surface area (Å²) in [6.07, 6.45) is 9.00. The van der Waals surface area contributed by atoms with Crippen LogP contribution in [0.5, 0.6) is 0 Å². The normalized spacial score (nSPS) is 25.2. The Bertz CT molecular complexity index is 655. The SMILES string of the molecule is CC=C1CC2CCC(C1)N2c1ncnc2ccccc12. The Morgan fingerprint density at radius 2 is 1.85 bits per heavy atom. The van der Waals surface area contributed by atoms with Crippen molar-refractivity contribution in [1.82, 2.24) is 9.97 Å². The van der Waals surface area contributed by atoms with E-state index in [4.69, 9.17) is 0 Å². The van der Waals surface area contributed by atoms with Gasteiger partial charge in [-0.1, -0.05) is 23.8 Å². The van der Waals surface area contributed by atoms with E-state index < -0.39 is 0 Å². The van der Waals surface area contributed by atoms with E-state index in [1.807, 2.05) is 6.07 Å². The first kappa shape index (κ1) is 11.9. The van der Waals surface area contributed by atoms with E-state index in [9.17, 15) is 0 Å². The summed E-state index contributed by atoms with van der Waals surface area (Å²) in [5.41, 5.74) is 2.67. The highest BCUT2D eigenvalue weighted by atomic mass is 15.3.